The molecule has 110 valence electrons. The van der Waals surface area contributed by atoms with Crippen molar-refractivity contribution in [3.05, 3.63) is 58.3 Å². The van der Waals surface area contributed by atoms with Crippen molar-refractivity contribution in [1.82, 2.24) is 10.2 Å². The van der Waals surface area contributed by atoms with Gasteiger partial charge in [-0.25, -0.2) is 0 Å². The molecule has 0 saturated heterocycles. The number of amides is 1. The number of thioether (sulfide) groups is 1. The van der Waals surface area contributed by atoms with E-state index in [0.717, 1.165) is 0 Å². The van der Waals surface area contributed by atoms with Crippen LogP contribution in [-0.2, 0) is 0 Å². The van der Waals surface area contributed by atoms with E-state index >= 15 is 0 Å². The van der Waals surface area contributed by atoms with Crippen molar-refractivity contribution in [2.45, 2.75) is 0 Å². The second-order valence-corrected chi connectivity index (χ2v) is 5.40. The first-order valence-electron chi connectivity index (χ1n) is 6.41. The number of hydrogen-bond acceptors (Lipinski definition) is 5. The molecule has 0 fully saturated rings. The molecule has 1 aliphatic carbocycles. The number of fused-ring (bicyclic) bond motifs is 1. The summed E-state index contributed by atoms with van der Waals surface area (Å²) in [7, 11) is 0. The number of benzene rings is 1. The summed E-state index contributed by atoms with van der Waals surface area (Å²) in [5.74, 6) is -1.26. The molecule has 3 rings (SSSR count). The van der Waals surface area contributed by atoms with Gasteiger partial charge >= 0.3 is 0 Å². The predicted octanol–water partition coefficient (Wildman–Crippen LogP) is 2.29. The molecule has 0 atom stereocenters. The van der Waals surface area contributed by atoms with Gasteiger partial charge in [0.1, 0.15) is 11.4 Å². The summed E-state index contributed by atoms with van der Waals surface area (Å²) >= 11 is 1.17. The highest BCUT2D eigenvalue weighted by atomic mass is 32.2. The maximum atomic E-state index is 12.4. The van der Waals surface area contributed by atoms with Crippen LogP contribution in [-0.4, -0.2) is 33.9 Å². The molecule has 0 unspecified atom stereocenters. The number of allylic oxidation sites excluding steroid dienone is 2. The SMILES string of the molecule is CSC1=CC(=O)c2n[nH]c(C(=O)Nc3ccccc3)c2C1=O. The van der Waals surface area contributed by atoms with Gasteiger partial charge in [0, 0.05) is 11.8 Å². The van der Waals surface area contributed by atoms with Crippen molar-refractivity contribution >= 4 is 34.9 Å². The molecule has 1 aliphatic rings. The molecule has 0 spiro atoms. The first kappa shape index (κ1) is 14.3. The van der Waals surface area contributed by atoms with E-state index < -0.39 is 5.91 Å². The van der Waals surface area contributed by atoms with Gasteiger partial charge in [-0.05, 0) is 18.4 Å². The highest BCUT2D eigenvalue weighted by molar-refractivity contribution is 8.03. The van der Waals surface area contributed by atoms with Gasteiger partial charge in [0.2, 0.25) is 11.6 Å². The Hall–Kier alpha value is -2.67. The lowest BCUT2D eigenvalue weighted by Gasteiger charge is -2.10. The number of aromatic nitrogens is 2. The van der Waals surface area contributed by atoms with Crippen LogP contribution in [0.4, 0.5) is 5.69 Å². The fourth-order valence-corrected chi connectivity index (χ4v) is 2.66. The van der Waals surface area contributed by atoms with Crippen molar-refractivity contribution in [3.8, 4) is 0 Å². The van der Waals surface area contributed by atoms with E-state index in [1.165, 1.54) is 17.8 Å². The Morgan fingerprint density at radius 1 is 1.23 bits per heavy atom. The number of nitrogens with zero attached hydrogens (tertiary/aromatic N) is 1. The van der Waals surface area contributed by atoms with Crippen LogP contribution in [0, 0.1) is 0 Å². The predicted molar refractivity (Wildman–Crippen MR) is 83.2 cm³/mol. The number of para-hydroxylation sites is 1. The van der Waals surface area contributed by atoms with Crippen LogP contribution in [0.15, 0.2) is 41.3 Å². The average Bonchev–Trinajstić information content (AvgIpc) is 2.97. The maximum Gasteiger partial charge on any atom is 0.274 e. The van der Waals surface area contributed by atoms with Crippen LogP contribution in [0.3, 0.4) is 0 Å². The largest absolute Gasteiger partial charge is 0.321 e. The zero-order chi connectivity index (χ0) is 15.7. The molecule has 2 N–H and O–H groups in total. The second kappa shape index (κ2) is 5.61. The molecule has 0 aliphatic heterocycles. The third-order valence-electron chi connectivity index (χ3n) is 3.19. The molecular weight excluding hydrogens is 302 g/mol. The Bertz CT molecular complexity index is 809. The lowest BCUT2D eigenvalue weighted by molar-refractivity contribution is 0.0979. The molecule has 2 aromatic rings. The van der Waals surface area contributed by atoms with E-state index in [1.54, 1.807) is 30.5 Å². The Labute approximate surface area is 130 Å². The van der Waals surface area contributed by atoms with E-state index in [1.807, 2.05) is 6.07 Å². The van der Waals surface area contributed by atoms with Gasteiger partial charge in [0.15, 0.2) is 0 Å². The Morgan fingerprint density at radius 2 is 1.95 bits per heavy atom. The number of nitrogens with one attached hydrogen (secondary N) is 2. The zero-order valence-corrected chi connectivity index (χ0v) is 12.4. The standard InChI is InChI=1S/C15H11N3O3S/c1-22-10-7-9(19)12-11(14(10)20)13(18-17-12)15(21)16-8-5-3-2-4-6-8/h2-7H,1H3,(H,16,21)(H,17,18). The fourth-order valence-electron chi connectivity index (χ4n) is 2.15. The molecule has 0 bridgehead atoms. The molecule has 7 heteroatoms. The van der Waals surface area contributed by atoms with Gasteiger partial charge in [0.05, 0.1) is 10.5 Å². The van der Waals surface area contributed by atoms with E-state index in [4.69, 9.17) is 0 Å². The minimum absolute atomic E-state index is 0.00291. The van der Waals surface area contributed by atoms with E-state index in [-0.39, 0.29) is 28.5 Å². The van der Waals surface area contributed by atoms with Crippen molar-refractivity contribution < 1.29 is 14.4 Å². The summed E-state index contributed by atoms with van der Waals surface area (Å²) in [6.07, 6.45) is 2.95. The smallest absolute Gasteiger partial charge is 0.274 e. The summed E-state index contributed by atoms with van der Waals surface area (Å²) in [5.41, 5.74) is 0.606. The van der Waals surface area contributed by atoms with Crippen LogP contribution in [0.2, 0.25) is 0 Å². The van der Waals surface area contributed by atoms with E-state index in [9.17, 15) is 14.4 Å². The molecule has 1 aromatic carbocycles. The maximum absolute atomic E-state index is 12.4. The first-order valence-corrected chi connectivity index (χ1v) is 7.63. The molecule has 0 saturated carbocycles. The van der Waals surface area contributed by atoms with Crippen LogP contribution in [0.5, 0.6) is 0 Å². The third-order valence-corrected chi connectivity index (χ3v) is 3.93. The molecule has 1 aromatic heterocycles. The van der Waals surface area contributed by atoms with E-state index in [0.29, 0.717) is 10.6 Å². The Balaban J connectivity index is 1.97. The molecule has 22 heavy (non-hydrogen) atoms. The molecule has 1 amide bonds. The number of Topliss-reactive ketones (excluding diaryl/α,β-unsaturated/α-hetero) is 1. The first-order chi connectivity index (χ1) is 10.6. The van der Waals surface area contributed by atoms with E-state index in [2.05, 4.69) is 15.5 Å². The van der Waals surface area contributed by atoms with Crippen LogP contribution in [0.1, 0.15) is 31.3 Å². The van der Waals surface area contributed by atoms with Gasteiger partial charge in [-0.15, -0.1) is 11.8 Å². The van der Waals surface area contributed by atoms with Crippen molar-refractivity contribution in [2.75, 3.05) is 11.6 Å². The number of anilines is 1. The third kappa shape index (κ3) is 2.35. The summed E-state index contributed by atoms with van der Waals surface area (Å²) in [5, 5.41) is 8.97. The number of carbonyl (C=O) groups excluding carboxylic acids is 3. The summed E-state index contributed by atoms with van der Waals surface area (Å²) < 4.78 is 0. The lowest BCUT2D eigenvalue weighted by Crippen LogP contribution is -2.20. The van der Waals surface area contributed by atoms with Crippen LogP contribution >= 0.6 is 11.8 Å². The summed E-state index contributed by atoms with van der Waals surface area (Å²) in [4.78, 5) is 36.9. The molecule has 1 heterocycles. The number of ketones is 2. The molecular formula is C15H11N3O3S. The number of rotatable bonds is 3. The highest BCUT2D eigenvalue weighted by Gasteiger charge is 2.33. The van der Waals surface area contributed by atoms with Gasteiger partial charge in [-0.1, -0.05) is 18.2 Å². The summed E-state index contributed by atoms with van der Waals surface area (Å²) in [6.45, 7) is 0. The normalized spacial score (nSPS) is 13.6. The van der Waals surface area contributed by atoms with Gasteiger partial charge < -0.3 is 5.32 Å². The number of hydrogen-bond donors (Lipinski definition) is 2. The number of aromatic amines is 1. The number of carbonyl (C=O) groups is 3. The van der Waals surface area contributed by atoms with Gasteiger partial charge in [-0.2, -0.15) is 5.10 Å². The summed E-state index contributed by atoms with van der Waals surface area (Å²) in [6, 6.07) is 8.83. The van der Waals surface area contributed by atoms with Gasteiger partial charge in [0.25, 0.3) is 5.91 Å². The molecule has 6 nitrogen and oxygen atoms in total. The number of H-pyrrole nitrogens is 1. The zero-order valence-electron chi connectivity index (χ0n) is 11.5. The fraction of sp³-hybridized carbons (Fsp3) is 0.0667. The second-order valence-electron chi connectivity index (χ2n) is 4.55. The highest BCUT2D eigenvalue weighted by Crippen LogP contribution is 2.28. The van der Waals surface area contributed by atoms with Crippen molar-refractivity contribution in [1.29, 1.82) is 0 Å². The lowest BCUT2D eigenvalue weighted by atomic mass is 9.99. The van der Waals surface area contributed by atoms with Crippen molar-refractivity contribution in [2.24, 2.45) is 0 Å². The molecule has 0 radical (unpaired) electrons. The minimum Gasteiger partial charge on any atom is -0.321 e. The average molecular weight is 313 g/mol. The Morgan fingerprint density at radius 3 is 2.64 bits per heavy atom. The van der Waals surface area contributed by atoms with Gasteiger partial charge in [-0.3, -0.25) is 19.5 Å². The topological polar surface area (TPSA) is 91.9 Å². The quantitative estimate of drug-likeness (QED) is 0.907. The minimum atomic E-state index is -0.511. The van der Waals surface area contributed by atoms with Crippen LogP contribution < -0.4 is 5.32 Å². The van der Waals surface area contributed by atoms with Crippen molar-refractivity contribution in [3.63, 3.8) is 0 Å². The van der Waals surface area contributed by atoms with Crippen LogP contribution in [0.25, 0.3) is 0 Å². The Kier molecular flexibility index (Phi) is 3.64. The monoisotopic (exact) mass is 313 g/mol.